The Labute approximate surface area is 193 Å². The maximum Gasteiger partial charge on any atom is 0.408 e. The van der Waals surface area contributed by atoms with Gasteiger partial charge in [0.1, 0.15) is 29.6 Å². The molecule has 3 unspecified atom stereocenters. The van der Waals surface area contributed by atoms with Crippen molar-refractivity contribution in [3.63, 3.8) is 0 Å². The fraction of sp³-hybridized carbons (Fsp3) is 0.524. The molecule has 0 amide bonds. The first-order valence-corrected chi connectivity index (χ1v) is 11.0. The van der Waals surface area contributed by atoms with E-state index in [1.54, 1.807) is 17.4 Å². The van der Waals surface area contributed by atoms with Gasteiger partial charge in [-0.1, -0.05) is 0 Å². The monoisotopic (exact) mass is 477 g/mol. The Morgan fingerprint density at radius 3 is 2.68 bits per heavy atom. The first-order chi connectivity index (χ1) is 16.1. The van der Waals surface area contributed by atoms with E-state index in [-0.39, 0.29) is 12.2 Å². The van der Waals surface area contributed by atoms with Crippen LogP contribution in [0, 0.1) is 0 Å². The number of hydrazone groups is 1. The molecule has 0 aliphatic carbocycles. The van der Waals surface area contributed by atoms with E-state index in [1.807, 2.05) is 36.9 Å². The van der Waals surface area contributed by atoms with Crippen LogP contribution in [0.3, 0.4) is 0 Å². The second kappa shape index (κ2) is 8.15. The SMILES string of the molecule is CC1CC(O)CCN1c1cc(C2N(C)C=NN2C)nc2c(-c3ccn[nH]3)nn(CC(F)(F)F)c12. The Kier molecular flexibility index (Phi) is 5.38. The minimum Gasteiger partial charge on any atom is -0.393 e. The van der Waals surface area contributed by atoms with Gasteiger partial charge in [0.2, 0.25) is 0 Å². The zero-order valence-electron chi connectivity index (χ0n) is 19.0. The van der Waals surface area contributed by atoms with Crippen LogP contribution in [0.2, 0.25) is 0 Å². The van der Waals surface area contributed by atoms with Crippen LogP contribution in [0.25, 0.3) is 22.4 Å². The van der Waals surface area contributed by atoms with Crippen molar-refractivity contribution in [2.24, 2.45) is 5.10 Å². The maximum absolute atomic E-state index is 13.6. The molecule has 5 heterocycles. The third-order valence-corrected chi connectivity index (χ3v) is 6.36. The molecule has 10 nitrogen and oxygen atoms in total. The molecule has 0 aromatic carbocycles. The van der Waals surface area contributed by atoms with Gasteiger partial charge >= 0.3 is 6.18 Å². The van der Waals surface area contributed by atoms with E-state index in [9.17, 15) is 18.3 Å². The highest BCUT2D eigenvalue weighted by Gasteiger charge is 2.35. The molecule has 13 heteroatoms. The highest BCUT2D eigenvalue weighted by Crippen LogP contribution is 2.39. The minimum atomic E-state index is -4.47. The average molecular weight is 477 g/mol. The number of nitrogens with one attached hydrogen (secondary N) is 1. The number of hydrogen-bond donors (Lipinski definition) is 2. The predicted molar refractivity (Wildman–Crippen MR) is 120 cm³/mol. The van der Waals surface area contributed by atoms with Gasteiger partial charge in [0.05, 0.1) is 23.2 Å². The summed E-state index contributed by atoms with van der Waals surface area (Å²) in [6, 6.07) is 3.40. The number of halogens is 3. The third-order valence-electron chi connectivity index (χ3n) is 6.36. The normalized spacial score (nSPS) is 23.5. The molecule has 0 spiro atoms. The second-order valence-corrected chi connectivity index (χ2v) is 8.92. The molecule has 3 atom stereocenters. The average Bonchev–Trinajstić information content (AvgIpc) is 3.46. The van der Waals surface area contributed by atoms with Gasteiger partial charge in [-0.15, -0.1) is 0 Å². The van der Waals surface area contributed by atoms with Crippen molar-refractivity contribution in [2.45, 2.75) is 50.8 Å². The molecule has 1 fully saturated rings. The summed E-state index contributed by atoms with van der Waals surface area (Å²) < 4.78 is 41.7. The molecule has 2 aliphatic rings. The van der Waals surface area contributed by atoms with Crippen molar-refractivity contribution < 1.29 is 18.3 Å². The summed E-state index contributed by atoms with van der Waals surface area (Å²) in [5, 5.41) is 27.3. The molecular weight excluding hydrogens is 451 g/mol. The van der Waals surface area contributed by atoms with Crippen molar-refractivity contribution in [2.75, 3.05) is 25.5 Å². The van der Waals surface area contributed by atoms with Crippen molar-refractivity contribution in [1.82, 2.24) is 34.9 Å². The molecule has 34 heavy (non-hydrogen) atoms. The fourth-order valence-electron chi connectivity index (χ4n) is 4.84. The van der Waals surface area contributed by atoms with Gasteiger partial charge in [-0.3, -0.25) is 14.8 Å². The van der Waals surface area contributed by atoms with Crippen LogP contribution < -0.4 is 4.90 Å². The maximum atomic E-state index is 13.6. The molecule has 1 saturated heterocycles. The lowest BCUT2D eigenvalue weighted by Crippen LogP contribution is -2.43. The zero-order valence-corrected chi connectivity index (χ0v) is 19.0. The zero-order chi connectivity index (χ0) is 24.2. The first-order valence-electron chi connectivity index (χ1n) is 11.0. The van der Waals surface area contributed by atoms with Crippen LogP contribution in [-0.4, -0.2) is 85.3 Å². The lowest BCUT2D eigenvalue weighted by Gasteiger charge is -2.38. The molecular formula is C21H26F3N9O. The van der Waals surface area contributed by atoms with Crippen LogP contribution in [0.4, 0.5) is 18.9 Å². The lowest BCUT2D eigenvalue weighted by atomic mass is 9.99. The van der Waals surface area contributed by atoms with Crippen LogP contribution in [-0.2, 0) is 6.54 Å². The smallest absolute Gasteiger partial charge is 0.393 e. The predicted octanol–water partition coefficient (Wildman–Crippen LogP) is 2.55. The van der Waals surface area contributed by atoms with E-state index in [0.717, 1.165) is 4.68 Å². The van der Waals surface area contributed by atoms with E-state index < -0.39 is 18.8 Å². The molecule has 2 N–H and O–H groups in total. The summed E-state index contributed by atoms with van der Waals surface area (Å²) in [6.07, 6.45) is -0.987. The number of aromatic amines is 1. The van der Waals surface area contributed by atoms with Crippen molar-refractivity contribution in [3.8, 4) is 11.4 Å². The van der Waals surface area contributed by atoms with E-state index in [1.165, 1.54) is 6.20 Å². The third kappa shape index (κ3) is 3.93. The van der Waals surface area contributed by atoms with Crippen LogP contribution >= 0.6 is 0 Å². The molecule has 2 aliphatic heterocycles. The molecule has 3 aromatic rings. The summed E-state index contributed by atoms with van der Waals surface area (Å²) in [5.74, 6) is 0. The number of hydrogen-bond acceptors (Lipinski definition) is 8. The van der Waals surface area contributed by atoms with E-state index >= 15 is 0 Å². The van der Waals surface area contributed by atoms with Crippen molar-refractivity contribution in [3.05, 3.63) is 24.0 Å². The van der Waals surface area contributed by atoms with Gasteiger partial charge in [-0.05, 0) is 31.9 Å². The molecule has 0 saturated carbocycles. The number of rotatable bonds is 4. The Hall–Kier alpha value is -3.35. The number of aromatic nitrogens is 5. The molecule has 0 radical (unpaired) electrons. The second-order valence-electron chi connectivity index (χ2n) is 8.92. The first kappa shape index (κ1) is 22.4. The number of piperidine rings is 1. The molecule has 3 aromatic heterocycles. The van der Waals surface area contributed by atoms with Gasteiger partial charge in [-0.2, -0.15) is 28.5 Å². The number of aliphatic hydroxyl groups is 1. The summed E-state index contributed by atoms with van der Waals surface area (Å²) in [6.45, 7) is 1.22. The lowest BCUT2D eigenvalue weighted by molar-refractivity contribution is -0.141. The highest BCUT2D eigenvalue weighted by molar-refractivity contribution is 5.97. The fourth-order valence-corrected chi connectivity index (χ4v) is 4.84. The number of fused-ring (bicyclic) bond motifs is 1. The van der Waals surface area contributed by atoms with Gasteiger partial charge in [-0.25, -0.2) is 4.98 Å². The van der Waals surface area contributed by atoms with Gasteiger partial charge in [0.15, 0.2) is 6.17 Å². The summed E-state index contributed by atoms with van der Waals surface area (Å²) in [4.78, 5) is 8.75. The van der Waals surface area contributed by atoms with Crippen LogP contribution in [0.15, 0.2) is 23.4 Å². The van der Waals surface area contributed by atoms with Crippen LogP contribution in [0.5, 0.6) is 0 Å². The molecule has 0 bridgehead atoms. The Balaban J connectivity index is 1.77. The number of pyridine rings is 1. The van der Waals surface area contributed by atoms with E-state index in [0.29, 0.717) is 53.2 Å². The van der Waals surface area contributed by atoms with Gasteiger partial charge in [0, 0.05) is 32.9 Å². The Morgan fingerprint density at radius 2 is 2.06 bits per heavy atom. The Bertz CT molecular complexity index is 1190. The van der Waals surface area contributed by atoms with Crippen molar-refractivity contribution in [1.29, 1.82) is 0 Å². The topological polar surface area (TPSA) is 102 Å². The Morgan fingerprint density at radius 1 is 1.26 bits per heavy atom. The number of anilines is 1. The standard InChI is InChI=1S/C21H26F3N9O/c1-12-8-13(34)5-7-32(12)16-9-15(20-30(2)11-26-31(20)3)27-18-17(14-4-6-25-28-14)29-33(19(16)18)10-21(22,23)24/h4,6,9,11-13,20,34H,5,7-8,10H2,1-3H3,(H,25,28). The highest BCUT2D eigenvalue weighted by atomic mass is 19.4. The summed E-state index contributed by atoms with van der Waals surface area (Å²) in [7, 11) is 3.69. The quantitative estimate of drug-likeness (QED) is 0.596. The summed E-state index contributed by atoms with van der Waals surface area (Å²) in [5.41, 5.74) is 2.68. The number of aliphatic hydroxyl groups excluding tert-OH is 1. The van der Waals surface area contributed by atoms with Gasteiger partial charge < -0.3 is 14.9 Å². The van der Waals surface area contributed by atoms with E-state index in [4.69, 9.17) is 4.98 Å². The number of nitrogens with zero attached hydrogens (tertiary/aromatic N) is 8. The molecule has 182 valence electrons. The number of H-pyrrole nitrogens is 1. The van der Waals surface area contributed by atoms with E-state index in [2.05, 4.69) is 20.4 Å². The number of alkyl halides is 3. The summed E-state index contributed by atoms with van der Waals surface area (Å²) >= 11 is 0. The minimum absolute atomic E-state index is 0.0812. The van der Waals surface area contributed by atoms with Crippen LogP contribution in [0.1, 0.15) is 31.6 Å². The van der Waals surface area contributed by atoms with Crippen molar-refractivity contribution >= 4 is 23.1 Å². The molecule has 5 rings (SSSR count). The largest absolute Gasteiger partial charge is 0.408 e. The van der Waals surface area contributed by atoms with Gasteiger partial charge in [0.25, 0.3) is 0 Å².